The van der Waals surface area contributed by atoms with Crippen LogP contribution in [0, 0.1) is 0 Å². The van der Waals surface area contributed by atoms with Gasteiger partial charge in [0, 0.05) is 22.3 Å². The highest BCUT2D eigenvalue weighted by molar-refractivity contribution is 6.28. The molecule has 4 aliphatic rings. The number of fused-ring (bicyclic) bond motifs is 5. The molecule has 0 amide bonds. The van der Waals surface area contributed by atoms with Gasteiger partial charge in [0.2, 0.25) is 0 Å². The van der Waals surface area contributed by atoms with E-state index in [0.717, 1.165) is 5.56 Å². The molecule has 0 bridgehead atoms. The van der Waals surface area contributed by atoms with Crippen molar-refractivity contribution < 1.29 is 33.3 Å². The average molecular weight is 436 g/mol. The molecule has 7 nitrogen and oxygen atoms in total. The van der Waals surface area contributed by atoms with Crippen LogP contribution in [0.4, 0.5) is 0 Å². The summed E-state index contributed by atoms with van der Waals surface area (Å²) in [5, 5.41) is 0. The van der Waals surface area contributed by atoms with Crippen LogP contribution in [0.3, 0.4) is 0 Å². The standard InChI is InChI=1S/C25H24O7/c1-24(2)29-20-19(28-23-22(21(20)30-24)31-25(3,4)32-23)12-9-10-15-16(11-12)18(27)14-8-6-5-7-13(14)17(15)26/h5-11,19-23H,1-4H3/t19-,20+,21+,22-,23-/m1/s1. The van der Waals surface area contributed by atoms with E-state index in [1.54, 1.807) is 36.4 Å². The Morgan fingerprint density at radius 1 is 0.656 bits per heavy atom. The van der Waals surface area contributed by atoms with Crippen LogP contribution in [0.2, 0.25) is 0 Å². The number of hydrogen-bond donors (Lipinski definition) is 0. The number of carbonyl (C=O) groups is 2. The SMILES string of the molecule is CC1(C)O[C@H]2[C@@H](O1)[C@@H](c1ccc3c(c1)C(=O)c1ccccc1C3=O)O[C@@H]1OC(C)(C)O[C@@H]12. The molecule has 6 rings (SSSR count). The molecular weight excluding hydrogens is 412 g/mol. The maximum absolute atomic E-state index is 13.2. The Labute approximate surface area is 185 Å². The first-order valence-electron chi connectivity index (χ1n) is 10.8. The van der Waals surface area contributed by atoms with E-state index in [0.29, 0.717) is 22.3 Å². The average Bonchev–Trinajstić information content (AvgIpc) is 3.24. The second-order valence-electron chi connectivity index (χ2n) is 9.60. The van der Waals surface area contributed by atoms with E-state index in [-0.39, 0.29) is 11.6 Å². The van der Waals surface area contributed by atoms with Gasteiger partial charge in [-0.3, -0.25) is 9.59 Å². The van der Waals surface area contributed by atoms with Gasteiger partial charge in [-0.25, -0.2) is 0 Å². The van der Waals surface area contributed by atoms with Gasteiger partial charge in [-0.1, -0.05) is 30.3 Å². The lowest BCUT2D eigenvalue weighted by atomic mass is 9.82. The fraction of sp³-hybridized carbons (Fsp3) is 0.440. The van der Waals surface area contributed by atoms with Crippen LogP contribution in [0.1, 0.15) is 71.2 Å². The Bertz CT molecular complexity index is 1150. The third-order valence-electron chi connectivity index (χ3n) is 6.43. The lowest BCUT2D eigenvalue weighted by Crippen LogP contribution is -2.51. The quantitative estimate of drug-likeness (QED) is 0.577. The van der Waals surface area contributed by atoms with Crippen LogP contribution in [0.5, 0.6) is 0 Å². The summed E-state index contributed by atoms with van der Waals surface area (Å²) in [6.07, 6.45) is -2.47. The fourth-order valence-electron chi connectivity index (χ4n) is 5.17. The van der Waals surface area contributed by atoms with Gasteiger partial charge in [0.1, 0.15) is 24.4 Å². The zero-order chi connectivity index (χ0) is 22.4. The molecular formula is C25H24O7. The molecule has 0 unspecified atom stereocenters. The largest absolute Gasteiger partial charge is 0.342 e. The third kappa shape index (κ3) is 2.93. The number of hydrogen-bond acceptors (Lipinski definition) is 7. The monoisotopic (exact) mass is 436 g/mol. The van der Waals surface area contributed by atoms with Crippen LogP contribution in [-0.2, 0) is 23.7 Å². The highest BCUT2D eigenvalue weighted by atomic mass is 16.9. The zero-order valence-corrected chi connectivity index (χ0v) is 18.3. The molecule has 2 aromatic rings. The molecule has 0 N–H and O–H groups in total. The van der Waals surface area contributed by atoms with Crippen LogP contribution in [0.15, 0.2) is 42.5 Å². The summed E-state index contributed by atoms with van der Waals surface area (Å²) in [7, 11) is 0. The molecule has 0 aromatic heterocycles. The van der Waals surface area contributed by atoms with Crippen molar-refractivity contribution in [2.24, 2.45) is 0 Å². The summed E-state index contributed by atoms with van der Waals surface area (Å²) in [6.45, 7) is 7.37. The van der Waals surface area contributed by atoms with Gasteiger partial charge in [0.15, 0.2) is 29.4 Å². The number of carbonyl (C=O) groups excluding carboxylic acids is 2. The number of ketones is 2. The van der Waals surface area contributed by atoms with E-state index < -0.39 is 42.3 Å². The first-order chi connectivity index (χ1) is 15.1. The van der Waals surface area contributed by atoms with Crippen LogP contribution in [0.25, 0.3) is 0 Å². The molecule has 0 saturated carbocycles. The molecule has 32 heavy (non-hydrogen) atoms. The van der Waals surface area contributed by atoms with Crippen LogP contribution >= 0.6 is 0 Å². The Balaban J connectivity index is 1.41. The maximum Gasteiger partial charge on any atom is 0.194 e. The summed E-state index contributed by atoms with van der Waals surface area (Å²) < 4.78 is 30.7. The smallest absolute Gasteiger partial charge is 0.194 e. The minimum Gasteiger partial charge on any atom is -0.342 e. The van der Waals surface area contributed by atoms with E-state index in [4.69, 9.17) is 23.7 Å². The Morgan fingerprint density at radius 3 is 1.94 bits per heavy atom. The predicted octanol–water partition coefficient (Wildman–Crippen LogP) is 3.53. The van der Waals surface area contributed by atoms with Gasteiger partial charge in [-0.05, 0) is 45.4 Å². The summed E-state index contributed by atoms with van der Waals surface area (Å²) in [5.74, 6) is -1.96. The second-order valence-corrected chi connectivity index (χ2v) is 9.60. The highest BCUT2D eigenvalue weighted by Gasteiger charge is 2.61. The Kier molecular flexibility index (Phi) is 4.14. The lowest BCUT2D eigenvalue weighted by Gasteiger charge is -2.37. The number of benzene rings is 2. The van der Waals surface area contributed by atoms with Crippen molar-refractivity contribution in [3.8, 4) is 0 Å². The predicted molar refractivity (Wildman–Crippen MR) is 111 cm³/mol. The molecule has 3 fully saturated rings. The molecule has 1 aliphatic carbocycles. The van der Waals surface area contributed by atoms with Crippen molar-refractivity contribution in [3.63, 3.8) is 0 Å². The molecule has 3 saturated heterocycles. The molecule has 0 spiro atoms. The van der Waals surface area contributed by atoms with Crippen molar-refractivity contribution in [2.45, 2.75) is 70.0 Å². The van der Waals surface area contributed by atoms with Gasteiger partial charge < -0.3 is 23.7 Å². The maximum atomic E-state index is 13.2. The van der Waals surface area contributed by atoms with E-state index in [9.17, 15) is 9.59 Å². The van der Waals surface area contributed by atoms with Crippen LogP contribution < -0.4 is 0 Å². The van der Waals surface area contributed by atoms with Crippen molar-refractivity contribution in [1.29, 1.82) is 0 Å². The first-order valence-corrected chi connectivity index (χ1v) is 10.8. The number of ether oxygens (including phenoxy) is 5. The molecule has 3 aliphatic heterocycles. The molecule has 7 heteroatoms. The lowest BCUT2D eigenvalue weighted by molar-refractivity contribution is -0.236. The minimum atomic E-state index is -0.819. The minimum absolute atomic E-state index is 0.153. The molecule has 5 atom stereocenters. The molecule has 0 radical (unpaired) electrons. The summed E-state index contributed by atoms with van der Waals surface area (Å²) in [4.78, 5) is 26.2. The number of rotatable bonds is 1. The normalized spacial score (nSPS) is 33.9. The van der Waals surface area contributed by atoms with Gasteiger partial charge in [-0.2, -0.15) is 0 Å². The van der Waals surface area contributed by atoms with E-state index in [2.05, 4.69) is 0 Å². The third-order valence-corrected chi connectivity index (χ3v) is 6.43. The van der Waals surface area contributed by atoms with Gasteiger partial charge in [0.05, 0.1) is 0 Å². The molecule has 3 heterocycles. The molecule has 166 valence electrons. The summed E-state index contributed by atoms with van der Waals surface area (Å²) in [6, 6.07) is 12.2. The first kappa shape index (κ1) is 20.2. The van der Waals surface area contributed by atoms with E-state index in [1.807, 2.05) is 33.8 Å². The van der Waals surface area contributed by atoms with Crippen LogP contribution in [-0.4, -0.2) is 47.7 Å². The van der Waals surface area contributed by atoms with E-state index >= 15 is 0 Å². The van der Waals surface area contributed by atoms with Crippen molar-refractivity contribution in [1.82, 2.24) is 0 Å². The molecule has 2 aromatic carbocycles. The topological polar surface area (TPSA) is 80.3 Å². The second kappa shape index (κ2) is 6.56. The van der Waals surface area contributed by atoms with Crippen molar-refractivity contribution in [2.75, 3.05) is 0 Å². The van der Waals surface area contributed by atoms with Gasteiger partial charge in [0.25, 0.3) is 0 Å². The summed E-state index contributed by atoms with van der Waals surface area (Å²) >= 11 is 0. The Hall–Kier alpha value is -2.42. The van der Waals surface area contributed by atoms with Crippen molar-refractivity contribution >= 4 is 11.6 Å². The van der Waals surface area contributed by atoms with Gasteiger partial charge in [-0.15, -0.1) is 0 Å². The van der Waals surface area contributed by atoms with Crippen molar-refractivity contribution in [3.05, 3.63) is 70.3 Å². The Morgan fingerprint density at radius 2 is 1.22 bits per heavy atom. The van der Waals surface area contributed by atoms with Gasteiger partial charge >= 0.3 is 0 Å². The van der Waals surface area contributed by atoms with E-state index in [1.165, 1.54) is 0 Å². The highest BCUT2D eigenvalue weighted by Crippen LogP contribution is 2.48. The zero-order valence-electron chi connectivity index (χ0n) is 18.3. The fourth-order valence-corrected chi connectivity index (χ4v) is 5.17. The summed E-state index contributed by atoms with van der Waals surface area (Å²) in [5.41, 5.74) is 2.35.